The fraction of sp³-hybridized carbons (Fsp3) is 0.300. The van der Waals surface area contributed by atoms with Crippen molar-refractivity contribution in [1.82, 2.24) is 4.90 Å². The van der Waals surface area contributed by atoms with Gasteiger partial charge in [0.25, 0.3) is 5.91 Å². The molecule has 0 bridgehead atoms. The zero-order valence-corrected chi connectivity index (χ0v) is 16.5. The highest BCUT2D eigenvalue weighted by Crippen LogP contribution is 2.35. The molecule has 0 N–H and O–H groups in total. The smallest absolute Gasteiger partial charge is 0.345 e. The number of rotatable bonds is 3. The summed E-state index contributed by atoms with van der Waals surface area (Å²) in [4.78, 5) is 18.3. The standard InChI is InChI=1S/C20H20ClF3N2O/c1-11(12(2)20(22,23)24)13(3)25-17-10-9-15(19(27)26(4)5)18-14(17)7-6-8-16(18)21/h6-10H,1-5H3. The van der Waals surface area contributed by atoms with Crippen molar-refractivity contribution in [2.75, 3.05) is 14.1 Å². The maximum atomic E-state index is 12.9. The molecule has 7 heteroatoms. The maximum absolute atomic E-state index is 12.9. The van der Waals surface area contributed by atoms with Crippen LogP contribution in [-0.4, -0.2) is 36.8 Å². The molecule has 3 nitrogen and oxygen atoms in total. The Labute approximate surface area is 161 Å². The Kier molecular flexibility index (Phi) is 6.00. The van der Waals surface area contributed by atoms with Crippen molar-refractivity contribution in [3.63, 3.8) is 0 Å². The van der Waals surface area contributed by atoms with Gasteiger partial charge in [-0.1, -0.05) is 23.7 Å². The third kappa shape index (κ3) is 4.33. The van der Waals surface area contributed by atoms with E-state index in [0.29, 0.717) is 27.0 Å². The van der Waals surface area contributed by atoms with Gasteiger partial charge < -0.3 is 4.90 Å². The molecule has 2 aromatic carbocycles. The zero-order chi connectivity index (χ0) is 20.5. The molecule has 0 aliphatic heterocycles. The van der Waals surface area contributed by atoms with E-state index >= 15 is 0 Å². The summed E-state index contributed by atoms with van der Waals surface area (Å²) < 4.78 is 38.8. The number of hydrogen-bond acceptors (Lipinski definition) is 2. The molecule has 0 atom stereocenters. The van der Waals surface area contributed by atoms with Gasteiger partial charge in [-0.15, -0.1) is 0 Å². The highest BCUT2D eigenvalue weighted by molar-refractivity contribution is 6.37. The molecule has 144 valence electrons. The van der Waals surface area contributed by atoms with Crippen molar-refractivity contribution in [2.24, 2.45) is 4.99 Å². The number of benzene rings is 2. The van der Waals surface area contributed by atoms with Gasteiger partial charge in [-0.25, -0.2) is 0 Å². The molecule has 0 spiro atoms. The molecule has 0 fully saturated rings. The lowest BCUT2D eigenvalue weighted by molar-refractivity contribution is -0.0918. The second kappa shape index (κ2) is 7.72. The second-order valence-electron chi connectivity index (χ2n) is 6.44. The van der Waals surface area contributed by atoms with Gasteiger partial charge in [-0.3, -0.25) is 9.79 Å². The normalized spacial score (nSPS) is 13.6. The van der Waals surface area contributed by atoms with Crippen LogP contribution in [-0.2, 0) is 0 Å². The first-order valence-electron chi connectivity index (χ1n) is 8.18. The van der Waals surface area contributed by atoms with Gasteiger partial charge in [0, 0.05) is 46.7 Å². The van der Waals surface area contributed by atoms with Gasteiger partial charge in [0.15, 0.2) is 0 Å². The van der Waals surface area contributed by atoms with Crippen molar-refractivity contribution < 1.29 is 18.0 Å². The number of hydrogen-bond donors (Lipinski definition) is 0. The number of carbonyl (C=O) groups excluding carboxylic acids is 1. The Balaban J connectivity index is 2.71. The van der Waals surface area contributed by atoms with Crippen LogP contribution >= 0.6 is 11.6 Å². The van der Waals surface area contributed by atoms with E-state index in [0.717, 1.165) is 6.92 Å². The number of carbonyl (C=O) groups is 1. The summed E-state index contributed by atoms with van der Waals surface area (Å²) in [7, 11) is 3.27. The van der Waals surface area contributed by atoms with Gasteiger partial charge in [-0.05, 0) is 44.5 Å². The lowest BCUT2D eigenvalue weighted by atomic mass is 10.0. The summed E-state index contributed by atoms with van der Waals surface area (Å²) in [5.41, 5.74) is 0.486. The number of nitrogens with zero attached hydrogens (tertiary/aromatic N) is 2. The zero-order valence-electron chi connectivity index (χ0n) is 15.7. The number of alkyl halides is 3. The van der Waals surface area contributed by atoms with E-state index in [1.807, 2.05) is 0 Å². The molecule has 0 unspecified atom stereocenters. The van der Waals surface area contributed by atoms with E-state index in [1.165, 1.54) is 18.7 Å². The van der Waals surface area contributed by atoms with Crippen LogP contribution in [0, 0.1) is 0 Å². The molecule has 2 rings (SSSR count). The van der Waals surface area contributed by atoms with Crippen LogP contribution in [0.4, 0.5) is 18.9 Å². The monoisotopic (exact) mass is 396 g/mol. The quantitative estimate of drug-likeness (QED) is 0.569. The largest absolute Gasteiger partial charge is 0.412 e. The summed E-state index contributed by atoms with van der Waals surface area (Å²) in [6, 6.07) is 8.34. The van der Waals surface area contributed by atoms with E-state index in [9.17, 15) is 18.0 Å². The summed E-state index contributed by atoms with van der Waals surface area (Å²) in [6.45, 7) is 3.95. The van der Waals surface area contributed by atoms with Crippen molar-refractivity contribution in [2.45, 2.75) is 26.9 Å². The van der Waals surface area contributed by atoms with Gasteiger partial charge in [0.05, 0.1) is 5.69 Å². The molecule has 0 aliphatic rings. The second-order valence-corrected chi connectivity index (χ2v) is 6.85. The Morgan fingerprint density at radius 2 is 1.70 bits per heavy atom. The Morgan fingerprint density at radius 3 is 2.26 bits per heavy atom. The van der Waals surface area contributed by atoms with Crippen LogP contribution < -0.4 is 0 Å². The van der Waals surface area contributed by atoms with Crippen LogP contribution in [0.3, 0.4) is 0 Å². The number of fused-ring (bicyclic) bond motifs is 1. The predicted octanol–water partition coefficient (Wildman–Crippen LogP) is 6.19. The molecule has 0 saturated heterocycles. The lowest BCUT2D eigenvalue weighted by Gasteiger charge is -2.15. The Morgan fingerprint density at radius 1 is 1.07 bits per heavy atom. The summed E-state index contributed by atoms with van der Waals surface area (Å²) in [5, 5.41) is 1.51. The topological polar surface area (TPSA) is 32.7 Å². The SMILES string of the molecule is CC(=Nc1ccc(C(=O)N(C)C)c2c(Cl)cccc12)C(C)=C(C)C(F)(F)F. The fourth-order valence-corrected chi connectivity index (χ4v) is 2.89. The highest BCUT2D eigenvalue weighted by Gasteiger charge is 2.32. The summed E-state index contributed by atoms with van der Waals surface area (Å²) in [6.07, 6.45) is -4.41. The van der Waals surface area contributed by atoms with E-state index in [1.54, 1.807) is 44.4 Å². The first-order chi connectivity index (χ1) is 12.4. The molecular formula is C20H20ClF3N2O. The minimum atomic E-state index is -4.41. The fourth-order valence-electron chi connectivity index (χ4n) is 2.61. The number of allylic oxidation sites excluding steroid dienone is 2. The Bertz CT molecular complexity index is 960. The summed E-state index contributed by atoms with van der Waals surface area (Å²) in [5.74, 6) is -0.218. The molecule has 0 heterocycles. The van der Waals surface area contributed by atoms with Crippen LogP contribution in [0.1, 0.15) is 31.1 Å². The van der Waals surface area contributed by atoms with E-state index in [2.05, 4.69) is 4.99 Å². The lowest BCUT2D eigenvalue weighted by Crippen LogP contribution is -2.21. The van der Waals surface area contributed by atoms with Crippen LogP contribution in [0.2, 0.25) is 5.02 Å². The van der Waals surface area contributed by atoms with Crippen molar-refractivity contribution in [3.05, 3.63) is 52.1 Å². The van der Waals surface area contributed by atoms with Gasteiger partial charge in [0.2, 0.25) is 0 Å². The third-order valence-electron chi connectivity index (χ3n) is 4.42. The van der Waals surface area contributed by atoms with Crippen molar-refractivity contribution in [3.8, 4) is 0 Å². The van der Waals surface area contributed by atoms with Crippen LogP contribution in [0.15, 0.2) is 46.5 Å². The van der Waals surface area contributed by atoms with Crippen molar-refractivity contribution >= 4 is 39.7 Å². The molecule has 0 saturated carbocycles. The maximum Gasteiger partial charge on any atom is 0.412 e. The van der Waals surface area contributed by atoms with E-state index in [-0.39, 0.29) is 17.2 Å². The minimum Gasteiger partial charge on any atom is -0.345 e. The average Bonchev–Trinajstić information content (AvgIpc) is 2.59. The van der Waals surface area contributed by atoms with Crippen LogP contribution in [0.25, 0.3) is 10.8 Å². The molecule has 0 radical (unpaired) electrons. The molecule has 0 aliphatic carbocycles. The first kappa shape index (κ1) is 21.0. The number of aliphatic imine (C=N–C) groups is 1. The van der Waals surface area contributed by atoms with E-state index < -0.39 is 11.7 Å². The molecular weight excluding hydrogens is 377 g/mol. The van der Waals surface area contributed by atoms with Crippen molar-refractivity contribution in [1.29, 1.82) is 0 Å². The molecule has 27 heavy (non-hydrogen) atoms. The molecule has 1 amide bonds. The van der Waals surface area contributed by atoms with Gasteiger partial charge in [0.1, 0.15) is 0 Å². The van der Waals surface area contributed by atoms with E-state index in [4.69, 9.17) is 11.6 Å². The summed E-state index contributed by atoms with van der Waals surface area (Å²) >= 11 is 6.32. The molecule has 0 aromatic heterocycles. The van der Waals surface area contributed by atoms with Crippen LogP contribution in [0.5, 0.6) is 0 Å². The third-order valence-corrected chi connectivity index (χ3v) is 4.74. The molecule has 2 aromatic rings. The number of amides is 1. The predicted molar refractivity (Wildman–Crippen MR) is 104 cm³/mol. The number of halogens is 4. The van der Waals surface area contributed by atoms with Gasteiger partial charge in [-0.2, -0.15) is 13.2 Å². The minimum absolute atomic E-state index is 0.0612. The van der Waals surface area contributed by atoms with Gasteiger partial charge >= 0.3 is 6.18 Å². The first-order valence-corrected chi connectivity index (χ1v) is 8.56. The highest BCUT2D eigenvalue weighted by atomic mass is 35.5. The average molecular weight is 397 g/mol. The Hall–Kier alpha value is -2.34.